The van der Waals surface area contributed by atoms with Gasteiger partial charge in [-0.1, -0.05) is 39.5 Å². The average molecular weight is 183 g/mol. The van der Waals surface area contributed by atoms with Crippen LogP contribution in [0.15, 0.2) is 0 Å². The molecule has 0 spiro atoms. The lowest BCUT2D eigenvalue weighted by Crippen LogP contribution is -2.39. The molecular formula is C12H25N. The molecule has 0 amide bonds. The Bertz CT molecular complexity index is 122. The van der Waals surface area contributed by atoms with Crippen LogP contribution < -0.4 is 0 Å². The van der Waals surface area contributed by atoms with Gasteiger partial charge >= 0.3 is 0 Å². The molecular weight excluding hydrogens is 158 g/mol. The third-order valence-electron chi connectivity index (χ3n) is 3.30. The summed E-state index contributed by atoms with van der Waals surface area (Å²) in [6.07, 6.45) is 10.0. The van der Waals surface area contributed by atoms with E-state index < -0.39 is 0 Å². The van der Waals surface area contributed by atoms with Gasteiger partial charge in [0.1, 0.15) is 0 Å². The second kappa shape index (κ2) is 6.42. The van der Waals surface area contributed by atoms with Crippen LogP contribution in [-0.2, 0) is 0 Å². The number of nitrogens with zero attached hydrogens (tertiary/aromatic N) is 1. The monoisotopic (exact) mass is 183 g/mol. The zero-order valence-electron chi connectivity index (χ0n) is 9.39. The molecule has 0 saturated carbocycles. The summed E-state index contributed by atoms with van der Waals surface area (Å²) in [5, 5.41) is 0. The van der Waals surface area contributed by atoms with Gasteiger partial charge in [-0.3, -0.25) is 0 Å². The first-order chi connectivity index (χ1) is 6.38. The average Bonchev–Trinajstić information content (AvgIpc) is 2.19. The molecule has 1 fully saturated rings. The molecule has 0 aromatic heterocycles. The number of rotatable bonds is 5. The molecule has 1 unspecified atom stereocenters. The first kappa shape index (κ1) is 11.0. The lowest BCUT2D eigenvalue weighted by Gasteiger charge is -2.34. The van der Waals surface area contributed by atoms with Gasteiger partial charge in [-0.2, -0.15) is 0 Å². The SMILES string of the molecule is CCCCCC1CCCCN1CC. The number of hydrogen-bond donors (Lipinski definition) is 0. The fraction of sp³-hybridized carbons (Fsp3) is 1.00. The van der Waals surface area contributed by atoms with Crippen molar-refractivity contribution in [2.45, 2.75) is 64.8 Å². The smallest absolute Gasteiger partial charge is 0.00951 e. The molecule has 1 aliphatic heterocycles. The van der Waals surface area contributed by atoms with Crippen LogP contribution >= 0.6 is 0 Å². The van der Waals surface area contributed by atoms with Crippen molar-refractivity contribution in [1.29, 1.82) is 0 Å². The second-order valence-corrected chi connectivity index (χ2v) is 4.27. The van der Waals surface area contributed by atoms with E-state index in [-0.39, 0.29) is 0 Å². The number of likely N-dealkylation sites (tertiary alicyclic amines) is 1. The van der Waals surface area contributed by atoms with Gasteiger partial charge in [0.25, 0.3) is 0 Å². The molecule has 13 heavy (non-hydrogen) atoms. The van der Waals surface area contributed by atoms with Gasteiger partial charge in [-0.05, 0) is 32.4 Å². The molecule has 1 heteroatoms. The van der Waals surface area contributed by atoms with Gasteiger partial charge < -0.3 is 4.90 Å². The van der Waals surface area contributed by atoms with Crippen LogP contribution in [0.1, 0.15) is 58.8 Å². The first-order valence-electron chi connectivity index (χ1n) is 6.12. The van der Waals surface area contributed by atoms with Crippen molar-refractivity contribution in [2.24, 2.45) is 0 Å². The molecule has 1 atom stereocenters. The van der Waals surface area contributed by atoms with Crippen LogP contribution in [0.3, 0.4) is 0 Å². The second-order valence-electron chi connectivity index (χ2n) is 4.27. The van der Waals surface area contributed by atoms with Crippen molar-refractivity contribution in [3.63, 3.8) is 0 Å². The van der Waals surface area contributed by atoms with E-state index in [0.29, 0.717) is 0 Å². The third-order valence-corrected chi connectivity index (χ3v) is 3.30. The van der Waals surface area contributed by atoms with E-state index in [4.69, 9.17) is 0 Å². The zero-order valence-corrected chi connectivity index (χ0v) is 9.39. The highest BCUT2D eigenvalue weighted by Gasteiger charge is 2.19. The molecule has 0 radical (unpaired) electrons. The van der Waals surface area contributed by atoms with Crippen LogP contribution in [0, 0.1) is 0 Å². The summed E-state index contributed by atoms with van der Waals surface area (Å²) in [7, 11) is 0. The van der Waals surface area contributed by atoms with Crippen LogP contribution in [0.4, 0.5) is 0 Å². The van der Waals surface area contributed by atoms with E-state index in [1.165, 1.54) is 58.0 Å². The van der Waals surface area contributed by atoms with Gasteiger partial charge in [0.05, 0.1) is 0 Å². The Kier molecular flexibility index (Phi) is 5.45. The standard InChI is InChI=1S/C12H25N/c1-3-5-6-9-12-10-7-8-11-13(12)4-2/h12H,3-11H2,1-2H3. The van der Waals surface area contributed by atoms with E-state index >= 15 is 0 Å². The number of hydrogen-bond acceptors (Lipinski definition) is 1. The summed E-state index contributed by atoms with van der Waals surface area (Å²) in [5.41, 5.74) is 0. The van der Waals surface area contributed by atoms with Gasteiger partial charge in [-0.25, -0.2) is 0 Å². The van der Waals surface area contributed by atoms with Gasteiger partial charge in [-0.15, -0.1) is 0 Å². The van der Waals surface area contributed by atoms with Crippen molar-refractivity contribution in [2.75, 3.05) is 13.1 Å². The minimum atomic E-state index is 0.922. The minimum Gasteiger partial charge on any atom is -0.301 e. The highest BCUT2D eigenvalue weighted by atomic mass is 15.2. The molecule has 1 nitrogen and oxygen atoms in total. The molecule has 0 aromatic carbocycles. The quantitative estimate of drug-likeness (QED) is 0.590. The predicted molar refractivity (Wildman–Crippen MR) is 59.0 cm³/mol. The molecule has 1 aliphatic rings. The van der Waals surface area contributed by atoms with Crippen molar-refractivity contribution >= 4 is 0 Å². The Labute approximate surface area is 83.5 Å². The van der Waals surface area contributed by atoms with Crippen LogP contribution in [0.5, 0.6) is 0 Å². The van der Waals surface area contributed by atoms with Crippen LogP contribution in [-0.4, -0.2) is 24.0 Å². The summed E-state index contributed by atoms with van der Waals surface area (Å²) >= 11 is 0. The summed E-state index contributed by atoms with van der Waals surface area (Å²) in [5.74, 6) is 0. The largest absolute Gasteiger partial charge is 0.301 e. The Hall–Kier alpha value is -0.0400. The van der Waals surface area contributed by atoms with Crippen LogP contribution in [0.25, 0.3) is 0 Å². The fourth-order valence-electron chi connectivity index (χ4n) is 2.43. The molecule has 0 bridgehead atoms. The lowest BCUT2D eigenvalue weighted by molar-refractivity contribution is 0.145. The maximum absolute atomic E-state index is 2.68. The Morgan fingerprint density at radius 1 is 1.15 bits per heavy atom. The van der Waals surface area contributed by atoms with Crippen molar-refractivity contribution in [3.8, 4) is 0 Å². The van der Waals surface area contributed by atoms with E-state index in [2.05, 4.69) is 18.7 Å². The molecule has 0 aromatic rings. The van der Waals surface area contributed by atoms with Gasteiger partial charge in [0.15, 0.2) is 0 Å². The molecule has 1 rings (SSSR count). The summed E-state index contributed by atoms with van der Waals surface area (Å²) in [6.45, 7) is 7.21. The topological polar surface area (TPSA) is 3.24 Å². The highest BCUT2D eigenvalue weighted by molar-refractivity contribution is 4.75. The summed E-state index contributed by atoms with van der Waals surface area (Å²) < 4.78 is 0. The number of piperidine rings is 1. The molecule has 1 heterocycles. The maximum atomic E-state index is 2.68. The maximum Gasteiger partial charge on any atom is 0.00951 e. The third kappa shape index (κ3) is 3.68. The summed E-state index contributed by atoms with van der Waals surface area (Å²) in [6, 6.07) is 0.922. The van der Waals surface area contributed by atoms with Crippen molar-refractivity contribution < 1.29 is 0 Å². The fourth-order valence-corrected chi connectivity index (χ4v) is 2.43. The minimum absolute atomic E-state index is 0.922. The van der Waals surface area contributed by atoms with Crippen molar-refractivity contribution in [1.82, 2.24) is 4.90 Å². The van der Waals surface area contributed by atoms with E-state index in [0.717, 1.165) is 6.04 Å². The van der Waals surface area contributed by atoms with E-state index in [1.54, 1.807) is 0 Å². The highest BCUT2D eigenvalue weighted by Crippen LogP contribution is 2.21. The van der Waals surface area contributed by atoms with Gasteiger partial charge in [0, 0.05) is 6.04 Å². The predicted octanol–water partition coefficient (Wildman–Crippen LogP) is 3.44. The number of unbranched alkanes of at least 4 members (excludes halogenated alkanes) is 2. The normalized spacial score (nSPS) is 24.9. The molecule has 1 saturated heterocycles. The van der Waals surface area contributed by atoms with Gasteiger partial charge in [0.2, 0.25) is 0 Å². The molecule has 78 valence electrons. The Balaban J connectivity index is 2.19. The molecule has 0 N–H and O–H groups in total. The molecule has 0 aliphatic carbocycles. The van der Waals surface area contributed by atoms with Crippen molar-refractivity contribution in [3.05, 3.63) is 0 Å². The van der Waals surface area contributed by atoms with Crippen LogP contribution in [0.2, 0.25) is 0 Å². The first-order valence-corrected chi connectivity index (χ1v) is 6.12. The van der Waals surface area contributed by atoms with E-state index in [9.17, 15) is 0 Å². The lowest BCUT2D eigenvalue weighted by atomic mass is 9.97. The Morgan fingerprint density at radius 2 is 2.00 bits per heavy atom. The van der Waals surface area contributed by atoms with E-state index in [1.807, 2.05) is 0 Å². The Morgan fingerprint density at radius 3 is 2.69 bits per heavy atom. The zero-order chi connectivity index (χ0) is 9.52. The summed E-state index contributed by atoms with van der Waals surface area (Å²) in [4.78, 5) is 2.68.